The first-order valence-corrected chi connectivity index (χ1v) is 17.1. The van der Waals surface area contributed by atoms with Crippen LogP contribution in [0.25, 0.3) is 55.8 Å². The third kappa shape index (κ3) is 3.95. The Morgan fingerprint density at radius 2 is 0.958 bits per heavy atom. The Morgan fingerprint density at radius 3 is 1.73 bits per heavy atom. The van der Waals surface area contributed by atoms with Gasteiger partial charge in [-0.2, -0.15) is 0 Å². The van der Waals surface area contributed by atoms with Crippen LogP contribution in [-0.2, 0) is 5.41 Å². The van der Waals surface area contributed by atoms with E-state index in [9.17, 15) is 0 Å². The molecule has 0 bridgehead atoms. The zero-order valence-electron chi connectivity index (χ0n) is 26.0. The molecule has 48 heavy (non-hydrogen) atoms. The molecule has 10 rings (SSSR count). The minimum absolute atomic E-state index is 0.437. The van der Waals surface area contributed by atoms with Crippen molar-refractivity contribution in [1.82, 2.24) is 9.97 Å². The molecule has 0 saturated heterocycles. The van der Waals surface area contributed by atoms with Crippen LogP contribution in [0, 0.1) is 0 Å². The topological polar surface area (TPSA) is 25.8 Å². The third-order valence-electron chi connectivity index (χ3n) is 9.97. The Bertz CT molecular complexity index is 2490. The highest BCUT2D eigenvalue weighted by molar-refractivity contribution is 7.99. The Balaban J connectivity index is 1.19. The zero-order chi connectivity index (χ0) is 31.7. The average molecular weight is 629 g/mol. The van der Waals surface area contributed by atoms with Crippen molar-refractivity contribution in [3.05, 3.63) is 192 Å². The van der Waals surface area contributed by atoms with Crippen LogP contribution in [0.2, 0.25) is 0 Å². The van der Waals surface area contributed by atoms with Crippen molar-refractivity contribution >= 4 is 22.7 Å². The summed E-state index contributed by atoms with van der Waals surface area (Å²) in [7, 11) is 0. The second-order valence-electron chi connectivity index (χ2n) is 12.5. The summed E-state index contributed by atoms with van der Waals surface area (Å²) in [6.07, 6.45) is 0. The normalized spacial score (nSPS) is 13.5. The zero-order valence-corrected chi connectivity index (χ0v) is 26.8. The quantitative estimate of drug-likeness (QED) is 0.195. The Hall–Kier alpha value is -5.77. The predicted molar refractivity (Wildman–Crippen MR) is 197 cm³/mol. The fourth-order valence-corrected chi connectivity index (χ4v) is 9.05. The summed E-state index contributed by atoms with van der Waals surface area (Å²) in [5.41, 5.74) is 13.8. The van der Waals surface area contributed by atoms with Crippen LogP contribution in [0.5, 0.6) is 0 Å². The first-order valence-electron chi connectivity index (χ1n) is 16.3. The molecule has 0 amide bonds. The van der Waals surface area contributed by atoms with E-state index in [1.807, 2.05) is 11.8 Å². The van der Waals surface area contributed by atoms with E-state index in [1.165, 1.54) is 54.3 Å². The lowest BCUT2D eigenvalue weighted by Crippen LogP contribution is -2.32. The van der Waals surface area contributed by atoms with Crippen molar-refractivity contribution in [3.8, 4) is 44.9 Å². The fraction of sp³-hybridized carbons (Fsp3) is 0.0222. The molecule has 1 aliphatic heterocycles. The Labute approximate surface area is 283 Å². The summed E-state index contributed by atoms with van der Waals surface area (Å²) in [6, 6.07) is 61.2. The first-order chi connectivity index (χ1) is 23.8. The van der Waals surface area contributed by atoms with E-state index in [0.717, 1.165) is 33.5 Å². The number of nitrogens with zero attached hydrogens (tertiary/aromatic N) is 2. The number of rotatable bonds is 3. The van der Waals surface area contributed by atoms with E-state index in [1.54, 1.807) is 0 Å². The Kier molecular flexibility index (Phi) is 6.06. The van der Waals surface area contributed by atoms with Crippen molar-refractivity contribution in [1.29, 1.82) is 0 Å². The maximum Gasteiger partial charge on any atom is 0.160 e. The van der Waals surface area contributed by atoms with Gasteiger partial charge in [0.1, 0.15) is 0 Å². The van der Waals surface area contributed by atoms with Crippen LogP contribution in [0.1, 0.15) is 22.3 Å². The predicted octanol–water partition coefficient (Wildman–Crippen LogP) is 11.5. The number of para-hydroxylation sites is 1. The largest absolute Gasteiger partial charge is 0.228 e. The highest BCUT2D eigenvalue weighted by Crippen LogP contribution is 2.62. The highest BCUT2D eigenvalue weighted by atomic mass is 32.2. The molecule has 1 spiro atoms. The number of aromatic nitrogens is 2. The van der Waals surface area contributed by atoms with Gasteiger partial charge in [-0.05, 0) is 68.8 Å². The molecule has 2 nitrogen and oxygen atoms in total. The monoisotopic (exact) mass is 628 g/mol. The lowest BCUT2D eigenvalue weighted by molar-refractivity contribution is 0.722. The molecule has 224 valence electrons. The molecule has 0 saturated carbocycles. The molecule has 7 aromatic carbocycles. The van der Waals surface area contributed by atoms with E-state index < -0.39 is 5.41 Å². The van der Waals surface area contributed by atoms with E-state index >= 15 is 0 Å². The molecule has 1 aliphatic carbocycles. The summed E-state index contributed by atoms with van der Waals surface area (Å²) in [5.74, 6) is 0.734. The van der Waals surface area contributed by atoms with Crippen molar-refractivity contribution in [2.24, 2.45) is 0 Å². The Morgan fingerprint density at radius 1 is 0.396 bits per heavy atom. The molecule has 0 unspecified atom stereocenters. The van der Waals surface area contributed by atoms with Gasteiger partial charge in [0.15, 0.2) is 5.82 Å². The first kappa shape index (κ1) is 27.4. The molecule has 2 heterocycles. The van der Waals surface area contributed by atoms with Gasteiger partial charge < -0.3 is 0 Å². The van der Waals surface area contributed by atoms with Gasteiger partial charge in [0.05, 0.1) is 16.6 Å². The van der Waals surface area contributed by atoms with E-state index in [4.69, 9.17) is 9.97 Å². The standard InChI is InChI=1S/C45H28N2S/c1-2-12-29(13-3-1)30-22-24-31(25-23-30)43-35-16-6-10-20-40(35)46-44(47-43)32-26-27-42-39(28-32)45(38-19-9-11-21-41(38)48-42)36-17-7-4-14-33(36)34-15-5-8-18-37(34)45/h1-28H. The SMILES string of the molecule is c1ccc(-c2ccc(-c3nc(-c4ccc5c(c4)C4(c6ccccc6S5)c5ccccc5-c5ccccc54)nc4ccccc34)cc2)cc1. The molecule has 8 aromatic rings. The lowest BCUT2D eigenvalue weighted by atomic mass is 9.67. The second kappa shape index (κ2) is 10.6. The average Bonchev–Trinajstić information content (AvgIpc) is 3.45. The highest BCUT2D eigenvalue weighted by Gasteiger charge is 2.50. The van der Waals surface area contributed by atoms with Crippen LogP contribution in [0.4, 0.5) is 0 Å². The molecule has 0 radical (unpaired) electrons. The number of hydrogen-bond donors (Lipinski definition) is 0. The van der Waals surface area contributed by atoms with Gasteiger partial charge in [0.2, 0.25) is 0 Å². The van der Waals surface area contributed by atoms with Crippen LogP contribution in [-0.4, -0.2) is 9.97 Å². The number of hydrogen-bond acceptors (Lipinski definition) is 3. The maximum atomic E-state index is 5.32. The summed E-state index contributed by atoms with van der Waals surface area (Å²) in [4.78, 5) is 13.1. The van der Waals surface area contributed by atoms with Gasteiger partial charge in [-0.15, -0.1) is 0 Å². The van der Waals surface area contributed by atoms with Crippen LogP contribution < -0.4 is 0 Å². The van der Waals surface area contributed by atoms with Crippen LogP contribution in [0.15, 0.2) is 180 Å². The minimum atomic E-state index is -0.437. The van der Waals surface area contributed by atoms with E-state index in [2.05, 4.69) is 170 Å². The minimum Gasteiger partial charge on any atom is -0.228 e. The third-order valence-corrected chi connectivity index (χ3v) is 11.1. The smallest absolute Gasteiger partial charge is 0.160 e. The van der Waals surface area contributed by atoms with Gasteiger partial charge in [-0.25, -0.2) is 9.97 Å². The van der Waals surface area contributed by atoms with Gasteiger partial charge in [-0.1, -0.05) is 157 Å². The summed E-state index contributed by atoms with van der Waals surface area (Å²) in [5, 5.41) is 1.05. The maximum absolute atomic E-state index is 5.32. The van der Waals surface area contributed by atoms with Crippen LogP contribution in [0.3, 0.4) is 0 Å². The molecule has 0 fully saturated rings. The van der Waals surface area contributed by atoms with E-state index in [-0.39, 0.29) is 0 Å². The van der Waals surface area contributed by atoms with Gasteiger partial charge in [0.25, 0.3) is 0 Å². The number of fused-ring (bicyclic) bond motifs is 10. The lowest BCUT2D eigenvalue weighted by Gasteiger charge is -2.39. The number of benzene rings is 7. The van der Waals surface area contributed by atoms with Crippen LogP contribution >= 0.6 is 11.8 Å². The van der Waals surface area contributed by atoms with E-state index in [0.29, 0.717) is 0 Å². The summed E-state index contributed by atoms with van der Waals surface area (Å²) in [6.45, 7) is 0. The molecule has 3 heteroatoms. The van der Waals surface area contributed by atoms with Crippen molar-refractivity contribution in [3.63, 3.8) is 0 Å². The van der Waals surface area contributed by atoms with Crippen molar-refractivity contribution in [2.45, 2.75) is 15.2 Å². The summed E-state index contributed by atoms with van der Waals surface area (Å²) < 4.78 is 0. The van der Waals surface area contributed by atoms with Gasteiger partial charge >= 0.3 is 0 Å². The molecular weight excluding hydrogens is 601 g/mol. The molecule has 0 atom stereocenters. The second-order valence-corrected chi connectivity index (χ2v) is 13.6. The molecule has 1 aromatic heterocycles. The molecule has 0 N–H and O–H groups in total. The van der Waals surface area contributed by atoms with Crippen molar-refractivity contribution in [2.75, 3.05) is 0 Å². The molecular formula is C45H28N2S. The van der Waals surface area contributed by atoms with Gasteiger partial charge in [0, 0.05) is 26.3 Å². The summed E-state index contributed by atoms with van der Waals surface area (Å²) >= 11 is 1.86. The van der Waals surface area contributed by atoms with Gasteiger partial charge in [-0.3, -0.25) is 0 Å². The molecule has 2 aliphatic rings. The van der Waals surface area contributed by atoms with Crippen molar-refractivity contribution < 1.29 is 0 Å². The fourth-order valence-electron chi connectivity index (χ4n) is 7.87.